The molecule has 0 radical (unpaired) electrons. The average Bonchev–Trinajstić information content (AvgIpc) is 2.17. The monoisotopic (exact) mass is 202 g/mol. The maximum atomic E-state index is 11.9. The molecule has 0 saturated carbocycles. The summed E-state index contributed by atoms with van der Waals surface area (Å²) in [5, 5.41) is 0. The lowest BCUT2D eigenvalue weighted by Crippen LogP contribution is -1.70. The highest BCUT2D eigenvalue weighted by Gasteiger charge is 1.77. The van der Waals surface area contributed by atoms with E-state index in [9.17, 15) is 4.39 Å². The van der Waals surface area contributed by atoms with Crippen LogP contribution in [0.25, 0.3) is 0 Å². The van der Waals surface area contributed by atoms with Crippen LogP contribution in [-0.2, 0) is 0 Å². The minimum absolute atomic E-state index is 0.178. The summed E-state index contributed by atoms with van der Waals surface area (Å²) < 4.78 is 11.9. The van der Waals surface area contributed by atoms with Crippen LogP contribution in [0.1, 0.15) is 26.2 Å². The maximum absolute atomic E-state index is 11.9. The number of halogens is 2. The highest BCUT2D eigenvalue weighted by molar-refractivity contribution is 6.17. The fraction of sp³-hybridized carbons (Fsp3) is 0.455. The molecule has 0 fully saturated rings. The summed E-state index contributed by atoms with van der Waals surface area (Å²) in [6.45, 7) is 2.17. The number of benzene rings is 1. The van der Waals surface area contributed by atoms with E-state index in [1.54, 1.807) is 18.2 Å². The molecule has 0 aliphatic heterocycles. The Balaban J connectivity index is 0.000000226. The van der Waals surface area contributed by atoms with Gasteiger partial charge in [-0.3, -0.25) is 0 Å². The zero-order valence-corrected chi connectivity index (χ0v) is 8.73. The number of alkyl halides is 1. The molecule has 1 aromatic carbocycles. The first-order valence-corrected chi connectivity index (χ1v) is 5.11. The molecule has 0 N–H and O–H groups in total. The Bertz CT molecular complexity index is 183. The minimum atomic E-state index is -0.178. The van der Waals surface area contributed by atoms with Gasteiger partial charge in [-0.05, 0) is 18.6 Å². The van der Waals surface area contributed by atoms with Crippen molar-refractivity contribution in [3.05, 3.63) is 36.1 Å². The topological polar surface area (TPSA) is 0 Å². The van der Waals surface area contributed by atoms with Crippen LogP contribution < -0.4 is 0 Å². The van der Waals surface area contributed by atoms with Gasteiger partial charge >= 0.3 is 0 Å². The summed E-state index contributed by atoms with van der Waals surface area (Å²) in [6.07, 6.45) is 3.73. The molecule has 1 rings (SSSR count). The molecule has 0 aliphatic carbocycles. The van der Waals surface area contributed by atoms with Crippen LogP contribution in [0.3, 0.4) is 0 Å². The summed E-state index contributed by atoms with van der Waals surface area (Å²) in [7, 11) is 0. The standard InChI is InChI=1S/C6H5F.C5H11Cl/c7-6-4-2-1-3-5-6;1-2-3-4-5-6/h1-5H;2-5H2,1H3. The molecule has 0 atom stereocenters. The smallest absolute Gasteiger partial charge is 0.123 e. The van der Waals surface area contributed by atoms with Gasteiger partial charge in [0.25, 0.3) is 0 Å². The van der Waals surface area contributed by atoms with Crippen molar-refractivity contribution >= 4 is 11.6 Å². The van der Waals surface area contributed by atoms with Gasteiger partial charge < -0.3 is 0 Å². The van der Waals surface area contributed by atoms with Gasteiger partial charge in [-0.1, -0.05) is 38.0 Å². The lowest BCUT2D eigenvalue weighted by molar-refractivity contribution is 0.628. The van der Waals surface area contributed by atoms with Crippen molar-refractivity contribution in [1.82, 2.24) is 0 Å². The first-order valence-electron chi connectivity index (χ1n) is 4.57. The predicted octanol–water partition coefficient (Wildman–Crippen LogP) is 4.24. The van der Waals surface area contributed by atoms with E-state index in [0.29, 0.717) is 0 Å². The third kappa shape index (κ3) is 9.35. The van der Waals surface area contributed by atoms with Crippen LogP contribution in [0.5, 0.6) is 0 Å². The Morgan fingerprint density at radius 3 is 2.00 bits per heavy atom. The number of hydrogen-bond donors (Lipinski definition) is 0. The van der Waals surface area contributed by atoms with Gasteiger partial charge in [0.15, 0.2) is 0 Å². The maximum Gasteiger partial charge on any atom is 0.123 e. The SMILES string of the molecule is CCCCCCl.Fc1ccccc1. The van der Waals surface area contributed by atoms with Gasteiger partial charge in [0.1, 0.15) is 5.82 Å². The third-order valence-electron chi connectivity index (χ3n) is 1.47. The van der Waals surface area contributed by atoms with Crippen molar-refractivity contribution in [2.75, 3.05) is 5.88 Å². The van der Waals surface area contributed by atoms with Gasteiger partial charge in [0.05, 0.1) is 0 Å². The van der Waals surface area contributed by atoms with E-state index >= 15 is 0 Å². The number of hydrogen-bond acceptors (Lipinski definition) is 0. The molecule has 0 saturated heterocycles. The highest BCUT2D eigenvalue weighted by atomic mass is 35.5. The molecule has 0 spiro atoms. The van der Waals surface area contributed by atoms with Gasteiger partial charge in [-0.25, -0.2) is 4.39 Å². The highest BCUT2D eigenvalue weighted by Crippen LogP contribution is 1.93. The van der Waals surface area contributed by atoms with Gasteiger partial charge in [-0.2, -0.15) is 0 Å². The summed E-state index contributed by atoms with van der Waals surface area (Å²) >= 11 is 5.38. The summed E-state index contributed by atoms with van der Waals surface area (Å²) in [5.74, 6) is 0.649. The average molecular weight is 203 g/mol. The third-order valence-corrected chi connectivity index (χ3v) is 1.74. The quantitative estimate of drug-likeness (QED) is 0.508. The Labute approximate surface area is 84.7 Å². The molecule has 1 aromatic rings. The molecule has 0 nitrogen and oxygen atoms in total. The van der Waals surface area contributed by atoms with Gasteiger partial charge in [-0.15, -0.1) is 11.6 Å². The lowest BCUT2D eigenvalue weighted by atomic mass is 10.3. The Morgan fingerprint density at radius 2 is 1.77 bits per heavy atom. The molecule has 0 aromatic heterocycles. The van der Waals surface area contributed by atoms with E-state index in [2.05, 4.69) is 6.92 Å². The van der Waals surface area contributed by atoms with E-state index in [1.807, 2.05) is 0 Å². The molecule has 0 amide bonds. The molecule has 2 heteroatoms. The van der Waals surface area contributed by atoms with Crippen LogP contribution >= 0.6 is 11.6 Å². The van der Waals surface area contributed by atoms with Crippen molar-refractivity contribution in [3.63, 3.8) is 0 Å². The zero-order chi connectivity index (χ0) is 9.94. The van der Waals surface area contributed by atoms with E-state index in [4.69, 9.17) is 11.6 Å². The van der Waals surface area contributed by atoms with Crippen molar-refractivity contribution in [3.8, 4) is 0 Å². The molecule has 0 aliphatic rings. The predicted molar refractivity (Wildman–Crippen MR) is 56.6 cm³/mol. The summed E-state index contributed by atoms with van der Waals surface area (Å²) in [6, 6.07) is 7.94. The number of unbranched alkanes of at least 4 members (excludes halogenated alkanes) is 2. The fourth-order valence-electron chi connectivity index (χ4n) is 0.759. The van der Waals surface area contributed by atoms with Gasteiger partial charge in [0.2, 0.25) is 0 Å². The molecule has 0 heterocycles. The fourth-order valence-corrected chi connectivity index (χ4v) is 0.948. The molecule has 0 unspecified atom stereocenters. The minimum Gasteiger partial charge on any atom is -0.207 e. The zero-order valence-electron chi connectivity index (χ0n) is 7.97. The van der Waals surface area contributed by atoms with E-state index in [0.717, 1.165) is 5.88 Å². The van der Waals surface area contributed by atoms with E-state index in [-0.39, 0.29) is 5.82 Å². The van der Waals surface area contributed by atoms with Crippen molar-refractivity contribution in [2.45, 2.75) is 26.2 Å². The normalized spacial score (nSPS) is 8.85. The van der Waals surface area contributed by atoms with Crippen molar-refractivity contribution in [1.29, 1.82) is 0 Å². The van der Waals surface area contributed by atoms with Crippen LogP contribution in [-0.4, -0.2) is 5.88 Å². The van der Waals surface area contributed by atoms with E-state index < -0.39 is 0 Å². The van der Waals surface area contributed by atoms with Crippen LogP contribution in [0, 0.1) is 5.82 Å². The first kappa shape index (κ1) is 12.4. The largest absolute Gasteiger partial charge is 0.207 e. The molecular weight excluding hydrogens is 187 g/mol. The molecule has 0 bridgehead atoms. The molecule has 74 valence electrons. The van der Waals surface area contributed by atoms with Crippen molar-refractivity contribution in [2.24, 2.45) is 0 Å². The lowest BCUT2D eigenvalue weighted by Gasteiger charge is -1.84. The Kier molecular flexibility index (Phi) is 9.12. The first-order chi connectivity index (χ1) is 6.31. The second kappa shape index (κ2) is 9.53. The molecule has 13 heavy (non-hydrogen) atoms. The van der Waals surface area contributed by atoms with Crippen molar-refractivity contribution < 1.29 is 4.39 Å². The second-order valence-electron chi connectivity index (χ2n) is 2.69. The summed E-state index contributed by atoms with van der Waals surface area (Å²) in [4.78, 5) is 0. The molecular formula is C11H16ClF. The van der Waals surface area contributed by atoms with Gasteiger partial charge in [0, 0.05) is 5.88 Å². The summed E-state index contributed by atoms with van der Waals surface area (Å²) in [5.41, 5.74) is 0. The van der Waals surface area contributed by atoms with Crippen LogP contribution in [0.15, 0.2) is 30.3 Å². The van der Waals surface area contributed by atoms with Crippen LogP contribution in [0.2, 0.25) is 0 Å². The Morgan fingerprint density at radius 1 is 1.15 bits per heavy atom. The van der Waals surface area contributed by atoms with E-state index in [1.165, 1.54) is 31.4 Å². The van der Waals surface area contributed by atoms with Crippen LogP contribution in [0.4, 0.5) is 4.39 Å². The second-order valence-corrected chi connectivity index (χ2v) is 3.07. The Hall–Kier alpha value is -0.560. The number of rotatable bonds is 3.